The molecule has 2 aliphatic rings. The Labute approximate surface area is 309 Å². The minimum absolute atomic E-state index is 0.118. The second kappa shape index (κ2) is 15.8. The smallest absolute Gasteiger partial charge is 0.229 e. The number of carbonyl (C=O) groups excluding carboxylic acids is 1. The summed E-state index contributed by atoms with van der Waals surface area (Å²) in [4.78, 5) is 23.7. The van der Waals surface area contributed by atoms with Gasteiger partial charge in [-0.05, 0) is 104 Å². The SMILES string of the molecule is COc1cc(CN2CCC(CCN3CCC(Nc4nc5ccccc5n4Cc4ccc(F)cc4)CC3)(Cc3ccc(F)cc3)C2=O)cc(OC)c1OC. The number of halogens is 2. The monoisotopic (exact) mass is 723 g/mol. The molecule has 278 valence electrons. The Bertz CT molecular complexity index is 2000. The van der Waals surface area contributed by atoms with Gasteiger partial charge in [-0.25, -0.2) is 13.8 Å². The number of benzene rings is 4. The van der Waals surface area contributed by atoms with Gasteiger partial charge in [-0.2, -0.15) is 0 Å². The van der Waals surface area contributed by atoms with Gasteiger partial charge in [0.15, 0.2) is 11.5 Å². The third-order valence-electron chi connectivity index (χ3n) is 10.9. The minimum atomic E-state index is -0.598. The third-order valence-corrected chi connectivity index (χ3v) is 10.9. The Morgan fingerprint density at radius 3 is 2.08 bits per heavy atom. The number of methoxy groups -OCH3 is 3. The van der Waals surface area contributed by atoms with E-state index in [2.05, 4.69) is 20.9 Å². The van der Waals surface area contributed by atoms with Crippen LogP contribution in [0.1, 0.15) is 42.4 Å². The molecule has 0 saturated carbocycles. The Kier molecular flexibility index (Phi) is 10.8. The Balaban J connectivity index is 1.02. The van der Waals surface area contributed by atoms with Crippen LogP contribution in [-0.4, -0.2) is 78.8 Å². The summed E-state index contributed by atoms with van der Waals surface area (Å²) in [6, 6.07) is 25.3. The second-order valence-corrected chi connectivity index (χ2v) is 14.2. The highest BCUT2D eigenvalue weighted by Crippen LogP contribution is 2.42. The van der Waals surface area contributed by atoms with Crippen LogP contribution in [0.2, 0.25) is 0 Å². The van der Waals surface area contributed by atoms with Gasteiger partial charge in [0.25, 0.3) is 0 Å². The maximum absolute atomic E-state index is 14.4. The zero-order valence-electron chi connectivity index (χ0n) is 30.6. The fraction of sp³-hybridized carbons (Fsp3) is 0.381. The van der Waals surface area contributed by atoms with E-state index in [1.807, 2.05) is 47.4 Å². The fourth-order valence-electron chi connectivity index (χ4n) is 7.94. The van der Waals surface area contributed by atoms with Crippen LogP contribution in [0.3, 0.4) is 0 Å². The first-order chi connectivity index (χ1) is 25.8. The number of aromatic nitrogens is 2. The van der Waals surface area contributed by atoms with Gasteiger partial charge in [0, 0.05) is 32.2 Å². The van der Waals surface area contributed by atoms with E-state index in [-0.39, 0.29) is 23.6 Å². The number of likely N-dealkylation sites (tertiary alicyclic amines) is 2. The summed E-state index contributed by atoms with van der Waals surface area (Å²) < 4.78 is 46.3. The largest absolute Gasteiger partial charge is 0.493 e. The van der Waals surface area contributed by atoms with E-state index in [9.17, 15) is 13.6 Å². The van der Waals surface area contributed by atoms with E-state index in [0.717, 1.165) is 72.6 Å². The maximum atomic E-state index is 14.4. The summed E-state index contributed by atoms with van der Waals surface area (Å²) in [6.07, 6.45) is 3.86. The number of fused-ring (bicyclic) bond motifs is 1. The van der Waals surface area contributed by atoms with E-state index in [4.69, 9.17) is 19.2 Å². The molecule has 5 aromatic rings. The molecule has 1 N–H and O–H groups in total. The molecule has 2 aliphatic heterocycles. The van der Waals surface area contributed by atoms with Crippen LogP contribution in [0.5, 0.6) is 17.2 Å². The molecule has 53 heavy (non-hydrogen) atoms. The number of piperidine rings is 1. The molecule has 7 rings (SSSR count). The molecular formula is C42H47F2N5O4. The van der Waals surface area contributed by atoms with E-state index < -0.39 is 5.41 Å². The molecule has 3 heterocycles. The number of hydrogen-bond acceptors (Lipinski definition) is 7. The summed E-state index contributed by atoms with van der Waals surface area (Å²) in [7, 11) is 4.74. The van der Waals surface area contributed by atoms with Crippen LogP contribution in [0.15, 0.2) is 84.9 Å². The van der Waals surface area contributed by atoms with Crippen molar-refractivity contribution in [3.8, 4) is 17.2 Å². The first-order valence-corrected chi connectivity index (χ1v) is 18.3. The number of amides is 1. The zero-order chi connectivity index (χ0) is 37.0. The number of para-hydroxylation sites is 2. The molecule has 4 aromatic carbocycles. The topological polar surface area (TPSA) is 81.1 Å². The maximum Gasteiger partial charge on any atom is 0.229 e. The lowest BCUT2D eigenvalue weighted by atomic mass is 9.77. The van der Waals surface area contributed by atoms with Gasteiger partial charge < -0.3 is 33.9 Å². The molecule has 2 fully saturated rings. The van der Waals surface area contributed by atoms with Crippen LogP contribution < -0.4 is 19.5 Å². The molecule has 9 nitrogen and oxygen atoms in total. The Morgan fingerprint density at radius 1 is 0.792 bits per heavy atom. The molecule has 0 aliphatic carbocycles. The van der Waals surface area contributed by atoms with E-state index in [0.29, 0.717) is 49.7 Å². The molecule has 0 bridgehead atoms. The van der Waals surface area contributed by atoms with Crippen molar-refractivity contribution >= 4 is 22.9 Å². The number of hydrogen-bond donors (Lipinski definition) is 1. The highest BCUT2D eigenvalue weighted by molar-refractivity contribution is 5.85. The average molecular weight is 724 g/mol. The lowest BCUT2D eigenvalue weighted by molar-refractivity contribution is -0.137. The zero-order valence-corrected chi connectivity index (χ0v) is 30.6. The minimum Gasteiger partial charge on any atom is -0.493 e. The number of ether oxygens (including phenoxy) is 3. The summed E-state index contributed by atoms with van der Waals surface area (Å²) in [5, 5.41) is 3.73. The Morgan fingerprint density at radius 2 is 1.43 bits per heavy atom. The van der Waals surface area contributed by atoms with Crippen molar-refractivity contribution in [3.05, 3.63) is 113 Å². The molecule has 1 unspecified atom stereocenters. The number of anilines is 1. The molecule has 0 spiro atoms. The molecule has 1 amide bonds. The van der Waals surface area contributed by atoms with Crippen molar-refractivity contribution in [1.82, 2.24) is 19.4 Å². The first kappa shape index (κ1) is 36.2. The quantitative estimate of drug-likeness (QED) is 0.129. The van der Waals surface area contributed by atoms with Crippen LogP contribution in [0.25, 0.3) is 11.0 Å². The van der Waals surface area contributed by atoms with E-state index >= 15 is 0 Å². The summed E-state index contributed by atoms with van der Waals surface area (Å²) in [5.74, 6) is 2.01. The van der Waals surface area contributed by atoms with Crippen molar-refractivity contribution in [2.24, 2.45) is 5.41 Å². The van der Waals surface area contributed by atoms with Crippen LogP contribution in [0, 0.1) is 17.0 Å². The average Bonchev–Trinajstić information content (AvgIpc) is 3.68. The molecule has 11 heteroatoms. The number of carbonyl (C=O) groups is 1. The van der Waals surface area contributed by atoms with Gasteiger partial charge in [-0.15, -0.1) is 0 Å². The predicted octanol–water partition coefficient (Wildman–Crippen LogP) is 7.32. The Hall–Kier alpha value is -5.16. The van der Waals surface area contributed by atoms with Gasteiger partial charge >= 0.3 is 0 Å². The number of imidazole rings is 1. The van der Waals surface area contributed by atoms with Crippen molar-refractivity contribution < 1.29 is 27.8 Å². The molecule has 1 aromatic heterocycles. The van der Waals surface area contributed by atoms with Crippen molar-refractivity contribution in [2.45, 2.75) is 51.2 Å². The summed E-state index contributed by atoms with van der Waals surface area (Å²) in [5.41, 5.74) is 4.21. The summed E-state index contributed by atoms with van der Waals surface area (Å²) >= 11 is 0. The molecule has 2 saturated heterocycles. The van der Waals surface area contributed by atoms with E-state index in [1.54, 1.807) is 33.5 Å². The lowest BCUT2D eigenvalue weighted by Crippen LogP contribution is -2.43. The fourth-order valence-corrected chi connectivity index (χ4v) is 7.94. The van der Waals surface area contributed by atoms with Gasteiger partial charge in [0.05, 0.1) is 44.3 Å². The van der Waals surface area contributed by atoms with Crippen molar-refractivity contribution in [3.63, 3.8) is 0 Å². The third kappa shape index (κ3) is 7.95. The molecule has 0 radical (unpaired) electrons. The van der Waals surface area contributed by atoms with Gasteiger partial charge in [0.1, 0.15) is 11.6 Å². The van der Waals surface area contributed by atoms with Gasteiger partial charge in [-0.3, -0.25) is 4.79 Å². The first-order valence-electron chi connectivity index (χ1n) is 18.3. The highest BCUT2D eigenvalue weighted by atomic mass is 19.1. The highest BCUT2D eigenvalue weighted by Gasteiger charge is 2.46. The van der Waals surface area contributed by atoms with Crippen LogP contribution >= 0.6 is 0 Å². The van der Waals surface area contributed by atoms with E-state index in [1.165, 1.54) is 24.3 Å². The molecular weight excluding hydrogens is 676 g/mol. The standard InChI is InChI=1S/C42H47F2N5O4/c1-51-37-24-31(25-38(52-2)39(37)53-3)27-48-23-19-42(40(48)50,26-29-8-12-32(43)13-9-29)18-22-47-20-16-34(17-21-47)45-41-46-35-6-4-5-7-36(35)49(41)28-30-10-14-33(44)15-11-30/h4-15,24-25,34H,16-23,26-28H2,1-3H3,(H,45,46). The number of nitrogens with zero attached hydrogens (tertiary/aromatic N) is 4. The normalized spacial score (nSPS) is 18.1. The lowest BCUT2D eigenvalue weighted by Gasteiger charge is -2.35. The molecule has 1 atom stereocenters. The predicted molar refractivity (Wildman–Crippen MR) is 202 cm³/mol. The van der Waals surface area contributed by atoms with Gasteiger partial charge in [0.2, 0.25) is 17.6 Å². The van der Waals surface area contributed by atoms with Crippen molar-refractivity contribution in [1.29, 1.82) is 0 Å². The number of rotatable bonds is 14. The van der Waals surface area contributed by atoms with Crippen LogP contribution in [0.4, 0.5) is 14.7 Å². The van der Waals surface area contributed by atoms with Gasteiger partial charge in [-0.1, -0.05) is 36.4 Å². The second-order valence-electron chi connectivity index (χ2n) is 14.2. The van der Waals surface area contributed by atoms with Crippen LogP contribution in [-0.2, 0) is 24.3 Å². The van der Waals surface area contributed by atoms with Crippen molar-refractivity contribution in [2.75, 3.05) is 52.8 Å². The number of nitrogens with one attached hydrogen (secondary N) is 1. The summed E-state index contributed by atoms with van der Waals surface area (Å²) in [6.45, 7) is 4.21.